The van der Waals surface area contributed by atoms with Crippen molar-refractivity contribution in [2.24, 2.45) is 11.7 Å². The average molecular weight is 570 g/mol. The number of alkyl halides is 2. The Bertz CT molecular complexity index is 1180. The molecular formula is C27H34ClF2N3O4S. The molecule has 1 atom stereocenters. The highest BCUT2D eigenvalue weighted by Crippen LogP contribution is 2.35. The van der Waals surface area contributed by atoms with Crippen molar-refractivity contribution in [3.63, 3.8) is 0 Å². The number of amides is 1. The zero-order valence-electron chi connectivity index (χ0n) is 21.1. The number of halogens is 3. The van der Waals surface area contributed by atoms with Gasteiger partial charge in [-0.25, -0.2) is 8.42 Å². The third-order valence-electron chi connectivity index (χ3n) is 7.31. The molecular weight excluding hydrogens is 536 g/mol. The van der Waals surface area contributed by atoms with Crippen LogP contribution in [0.15, 0.2) is 53.4 Å². The van der Waals surface area contributed by atoms with Crippen LogP contribution < -0.4 is 15.2 Å². The van der Waals surface area contributed by atoms with Crippen LogP contribution in [0, 0.1) is 5.92 Å². The van der Waals surface area contributed by atoms with E-state index in [2.05, 4.69) is 0 Å². The van der Waals surface area contributed by atoms with E-state index in [9.17, 15) is 13.2 Å². The summed E-state index contributed by atoms with van der Waals surface area (Å²) in [5.41, 5.74) is 5.37. The van der Waals surface area contributed by atoms with Crippen molar-refractivity contribution in [1.29, 1.82) is 0 Å². The van der Waals surface area contributed by atoms with Crippen LogP contribution in [0.3, 0.4) is 0 Å². The Balaban J connectivity index is 1.54. The first-order valence-electron chi connectivity index (χ1n) is 13.0. The first-order chi connectivity index (χ1) is 18.1. The van der Waals surface area contributed by atoms with Crippen molar-refractivity contribution < 1.29 is 26.7 Å². The van der Waals surface area contributed by atoms with Gasteiger partial charge in [0.25, 0.3) is 5.92 Å². The summed E-state index contributed by atoms with van der Waals surface area (Å²) in [6.07, 6.45) is 6.71. The fourth-order valence-electron chi connectivity index (χ4n) is 4.93. The molecule has 2 aromatic carbocycles. The van der Waals surface area contributed by atoms with Gasteiger partial charge in [-0.3, -0.25) is 4.79 Å². The number of carbonyl (C=O) groups excluding carboxylic acids is 1. The molecule has 1 saturated carbocycles. The highest BCUT2D eigenvalue weighted by Gasteiger charge is 2.50. The van der Waals surface area contributed by atoms with Gasteiger partial charge in [0.2, 0.25) is 15.9 Å². The smallest absolute Gasteiger partial charge is 0.298 e. The molecule has 0 bridgehead atoms. The van der Waals surface area contributed by atoms with E-state index in [1.807, 2.05) is 4.72 Å². The van der Waals surface area contributed by atoms with Gasteiger partial charge in [0.1, 0.15) is 5.75 Å². The van der Waals surface area contributed by atoms with Gasteiger partial charge in [0.15, 0.2) is 6.04 Å². The van der Waals surface area contributed by atoms with Gasteiger partial charge < -0.3 is 15.4 Å². The van der Waals surface area contributed by atoms with Crippen LogP contribution in [0.1, 0.15) is 50.5 Å². The second-order valence-corrected chi connectivity index (χ2v) is 12.3. The molecule has 1 heterocycles. The topological polar surface area (TPSA) is 102 Å². The molecule has 38 heavy (non-hydrogen) atoms. The normalized spacial score (nSPS) is 18.8. The average Bonchev–Trinajstić information content (AvgIpc) is 2.91. The second kappa shape index (κ2) is 12.3. The molecule has 2 fully saturated rings. The summed E-state index contributed by atoms with van der Waals surface area (Å²) >= 11 is 5.85. The van der Waals surface area contributed by atoms with Crippen molar-refractivity contribution in [3.8, 4) is 5.75 Å². The number of hydrogen-bond donors (Lipinski definition) is 2. The third-order valence-corrected chi connectivity index (χ3v) is 9.00. The molecule has 0 spiro atoms. The summed E-state index contributed by atoms with van der Waals surface area (Å²) < 4.78 is 65.8. The van der Waals surface area contributed by atoms with Crippen molar-refractivity contribution in [2.45, 2.75) is 67.8 Å². The zero-order valence-corrected chi connectivity index (χ0v) is 22.7. The van der Waals surface area contributed by atoms with Gasteiger partial charge in [0, 0.05) is 29.7 Å². The lowest BCUT2D eigenvalue weighted by molar-refractivity contribution is -0.145. The lowest BCUT2D eigenvalue weighted by Crippen LogP contribution is -2.57. The number of carbonyl (C=O) groups is 1. The van der Waals surface area contributed by atoms with E-state index in [4.69, 9.17) is 22.1 Å². The van der Waals surface area contributed by atoms with E-state index in [0.29, 0.717) is 31.1 Å². The van der Waals surface area contributed by atoms with Gasteiger partial charge >= 0.3 is 0 Å². The fraction of sp³-hybridized carbons (Fsp3) is 0.519. The molecule has 1 amide bonds. The maximum Gasteiger partial charge on any atom is 0.298 e. The molecule has 7 nitrogen and oxygen atoms in total. The molecule has 0 radical (unpaired) electrons. The predicted octanol–water partition coefficient (Wildman–Crippen LogP) is 4.69. The van der Waals surface area contributed by atoms with Crippen molar-refractivity contribution >= 4 is 27.5 Å². The summed E-state index contributed by atoms with van der Waals surface area (Å²) in [6.45, 7) is 0.887. The van der Waals surface area contributed by atoms with E-state index in [1.165, 1.54) is 60.6 Å². The monoisotopic (exact) mass is 569 g/mol. The van der Waals surface area contributed by atoms with E-state index < -0.39 is 33.5 Å². The minimum absolute atomic E-state index is 0.134. The van der Waals surface area contributed by atoms with E-state index in [0.717, 1.165) is 25.0 Å². The minimum Gasteiger partial charge on any atom is -0.493 e. The highest BCUT2D eigenvalue weighted by atomic mass is 35.5. The number of rotatable bonds is 9. The number of nitrogens with zero attached hydrogens (tertiary/aromatic N) is 1. The lowest BCUT2D eigenvalue weighted by atomic mass is 9.90. The van der Waals surface area contributed by atoms with Crippen molar-refractivity contribution in [1.82, 2.24) is 9.62 Å². The Labute approximate surface area is 227 Å². The maximum atomic E-state index is 15.8. The number of ether oxygens (including phenoxy) is 1. The molecule has 0 unspecified atom stereocenters. The van der Waals surface area contributed by atoms with Crippen LogP contribution in [-0.4, -0.2) is 51.0 Å². The van der Waals surface area contributed by atoms with Crippen molar-refractivity contribution in [2.75, 3.05) is 19.7 Å². The Morgan fingerprint density at radius 2 is 1.63 bits per heavy atom. The van der Waals surface area contributed by atoms with Crippen LogP contribution >= 0.6 is 11.6 Å². The van der Waals surface area contributed by atoms with Gasteiger partial charge in [-0.1, -0.05) is 43.0 Å². The highest BCUT2D eigenvalue weighted by molar-refractivity contribution is 7.89. The van der Waals surface area contributed by atoms with Crippen LogP contribution in [0.2, 0.25) is 5.02 Å². The number of sulfonamides is 1. The molecule has 11 heteroatoms. The lowest BCUT2D eigenvalue weighted by Gasteiger charge is -2.35. The maximum absolute atomic E-state index is 15.8. The number of likely N-dealkylation sites (tertiary alicyclic amines) is 1. The largest absolute Gasteiger partial charge is 0.493 e. The Hall–Kier alpha value is -2.27. The fourth-order valence-corrected chi connectivity index (χ4v) is 6.24. The molecule has 2 aromatic rings. The number of benzene rings is 2. The van der Waals surface area contributed by atoms with Crippen LogP contribution in [0.5, 0.6) is 5.75 Å². The summed E-state index contributed by atoms with van der Waals surface area (Å²) in [4.78, 5) is 14.3. The molecule has 208 valence electrons. The van der Waals surface area contributed by atoms with Crippen LogP contribution in [0.4, 0.5) is 8.78 Å². The molecule has 1 saturated heterocycles. The van der Waals surface area contributed by atoms with Gasteiger partial charge in [-0.2, -0.15) is 13.5 Å². The van der Waals surface area contributed by atoms with E-state index in [1.54, 1.807) is 0 Å². The van der Waals surface area contributed by atoms with Crippen molar-refractivity contribution in [3.05, 3.63) is 59.1 Å². The molecule has 2 aliphatic rings. The number of piperidine rings is 1. The second-order valence-electron chi connectivity index (χ2n) is 10.1. The number of hydrogen-bond acceptors (Lipinski definition) is 5. The van der Waals surface area contributed by atoms with Crippen LogP contribution in [0.25, 0.3) is 0 Å². The molecule has 1 aliphatic carbocycles. The summed E-state index contributed by atoms with van der Waals surface area (Å²) in [5, 5.41) is 0.240. The van der Waals surface area contributed by atoms with E-state index in [-0.39, 0.29) is 29.0 Å². The molecule has 3 N–H and O–H groups in total. The third kappa shape index (κ3) is 7.02. The summed E-state index contributed by atoms with van der Waals surface area (Å²) in [6, 6.07) is 7.80. The zero-order chi connectivity index (χ0) is 27.3. The summed E-state index contributed by atoms with van der Waals surface area (Å²) in [5.74, 6) is -3.89. The van der Waals surface area contributed by atoms with Gasteiger partial charge in [0.05, 0.1) is 11.5 Å². The summed E-state index contributed by atoms with van der Waals surface area (Å²) in [7, 11) is -4.49. The SMILES string of the molecule is NC1CCN(C(=O)[C@H](NS(=O)(=O)c2ccc(OCC3CCCCC3)cc2)C(F)(F)c2ccc(Cl)cc2)CC1. The first kappa shape index (κ1) is 28.7. The molecule has 1 aliphatic heterocycles. The van der Waals surface area contributed by atoms with Gasteiger partial charge in [-0.05, 0) is 68.0 Å². The minimum atomic E-state index is -4.49. The first-order valence-corrected chi connectivity index (χ1v) is 14.9. The van der Waals surface area contributed by atoms with Crippen LogP contribution in [-0.2, 0) is 20.7 Å². The van der Waals surface area contributed by atoms with E-state index >= 15 is 8.78 Å². The Morgan fingerprint density at radius 1 is 1.03 bits per heavy atom. The quantitative estimate of drug-likeness (QED) is 0.456. The van der Waals surface area contributed by atoms with Gasteiger partial charge in [-0.15, -0.1) is 0 Å². The number of nitrogens with one attached hydrogen (secondary N) is 1. The predicted molar refractivity (Wildman–Crippen MR) is 142 cm³/mol. The Kier molecular flexibility index (Phi) is 9.28. The molecule has 0 aromatic heterocycles. The molecule has 4 rings (SSSR count). The standard InChI is InChI=1S/C27H34ClF2N3O4S/c28-21-8-6-20(7-9-21)27(29,30)25(26(34)33-16-14-22(31)15-17-33)32-38(35,36)24-12-10-23(11-13-24)37-18-19-4-2-1-3-5-19/h6-13,19,22,25,32H,1-5,14-18,31H2/t25-/m0/s1. The number of nitrogens with two attached hydrogens (primary N) is 1. The Morgan fingerprint density at radius 3 is 2.24 bits per heavy atom.